The second-order valence-corrected chi connectivity index (χ2v) is 5.84. The van der Waals surface area contributed by atoms with E-state index in [-0.39, 0.29) is 12.1 Å². The minimum atomic E-state index is -0.194. The Labute approximate surface area is 141 Å². The number of esters is 1. The van der Waals surface area contributed by atoms with E-state index in [9.17, 15) is 4.79 Å². The van der Waals surface area contributed by atoms with Gasteiger partial charge in [-0.2, -0.15) is 0 Å². The first-order chi connectivity index (χ1) is 11.2. The lowest BCUT2D eigenvalue weighted by molar-refractivity contribution is -0.267. The Balaban J connectivity index is 3.51. The SMILES string of the molecule is CCCCCC(/C=C\C=C/CCCCCCCC(=O)OC)OO. The van der Waals surface area contributed by atoms with Crippen LogP contribution in [0.4, 0.5) is 0 Å². The van der Waals surface area contributed by atoms with Crippen molar-refractivity contribution in [3.63, 3.8) is 0 Å². The first-order valence-corrected chi connectivity index (χ1v) is 8.95. The van der Waals surface area contributed by atoms with E-state index in [0.29, 0.717) is 6.42 Å². The standard InChI is InChI=1S/C19H34O4/c1-3-4-12-15-18(23-21)16-13-10-8-6-5-7-9-11-14-17-19(20)22-2/h8,10,13,16,18,21H,3-7,9,11-12,14-15,17H2,1-2H3/b10-8-,16-13-. The molecule has 0 aliphatic rings. The van der Waals surface area contributed by atoms with Crippen LogP contribution in [-0.2, 0) is 14.4 Å². The zero-order valence-electron chi connectivity index (χ0n) is 14.8. The smallest absolute Gasteiger partial charge is 0.305 e. The molecule has 1 N–H and O–H groups in total. The highest BCUT2D eigenvalue weighted by Crippen LogP contribution is 2.09. The van der Waals surface area contributed by atoms with Gasteiger partial charge in [-0.1, -0.05) is 69.8 Å². The molecule has 4 nitrogen and oxygen atoms in total. The van der Waals surface area contributed by atoms with Crippen molar-refractivity contribution in [3.05, 3.63) is 24.3 Å². The molecule has 0 aliphatic heterocycles. The van der Waals surface area contributed by atoms with Gasteiger partial charge < -0.3 is 4.74 Å². The van der Waals surface area contributed by atoms with Crippen molar-refractivity contribution in [1.29, 1.82) is 0 Å². The molecule has 0 fully saturated rings. The van der Waals surface area contributed by atoms with Crippen LogP contribution >= 0.6 is 0 Å². The molecular weight excluding hydrogens is 292 g/mol. The molecule has 0 radical (unpaired) electrons. The third-order valence-electron chi connectivity index (χ3n) is 3.78. The van der Waals surface area contributed by atoms with Crippen LogP contribution < -0.4 is 0 Å². The van der Waals surface area contributed by atoms with E-state index in [4.69, 9.17) is 5.26 Å². The predicted molar refractivity (Wildman–Crippen MR) is 94.3 cm³/mol. The number of allylic oxidation sites excluding steroid dienone is 3. The highest BCUT2D eigenvalue weighted by Gasteiger charge is 2.02. The summed E-state index contributed by atoms with van der Waals surface area (Å²) in [6, 6.07) is 0. The van der Waals surface area contributed by atoms with Gasteiger partial charge >= 0.3 is 5.97 Å². The van der Waals surface area contributed by atoms with Crippen molar-refractivity contribution in [2.75, 3.05) is 7.11 Å². The van der Waals surface area contributed by atoms with Gasteiger partial charge in [0.2, 0.25) is 0 Å². The zero-order chi connectivity index (χ0) is 17.2. The molecule has 0 amide bonds. The Kier molecular flexibility index (Phi) is 16.4. The molecule has 0 bridgehead atoms. The van der Waals surface area contributed by atoms with Crippen LogP contribution in [0.5, 0.6) is 0 Å². The summed E-state index contributed by atoms with van der Waals surface area (Å²) in [6.07, 6.45) is 19.2. The van der Waals surface area contributed by atoms with Crippen molar-refractivity contribution in [2.24, 2.45) is 0 Å². The summed E-state index contributed by atoms with van der Waals surface area (Å²) in [5.41, 5.74) is 0. The lowest BCUT2D eigenvalue weighted by Crippen LogP contribution is -2.06. The van der Waals surface area contributed by atoms with E-state index in [0.717, 1.165) is 32.1 Å². The summed E-state index contributed by atoms with van der Waals surface area (Å²) in [5.74, 6) is -0.112. The van der Waals surface area contributed by atoms with Crippen LogP contribution in [0.15, 0.2) is 24.3 Å². The molecule has 134 valence electrons. The fourth-order valence-electron chi connectivity index (χ4n) is 2.31. The van der Waals surface area contributed by atoms with Crippen LogP contribution in [0, 0.1) is 0 Å². The molecule has 1 atom stereocenters. The third kappa shape index (κ3) is 15.5. The molecule has 0 spiro atoms. The Morgan fingerprint density at radius 1 is 1.04 bits per heavy atom. The summed E-state index contributed by atoms with van der Waals surface area (Å²) in [7, 11) is 1.43. The Bertz CT molecular complexity index is 323. The van der Waals surface area contributed by atoms with Gasteiger partial charge in [0.05, 0.1) is 7.11 Å². The maximum atomic E-state index is 10.9. The number of unbranched alkanes of at least 4 members (excludes halogenated alkanes) is 7. The summed E-state index contributed by atoms with van der Waals surface area (Å²) < 4.78 is 4.61. The highest BCUT2D eigenvalue weighted by molar-refractivity contribution is 5.68. The van der Waals surface area contributed by atoms with Gasteiger partial charge in [0.1, 0.15) is 6.10 Å². The number of rotatable bonds is 15. The molecule has 0 aromatic rings. The Morgan fingerprint density at radius 3 is 2.48 bits per heavy atom. The topological polar surface area (TPSA) is 55.8 Å². The Hall–Kier alpha value is -1.13. The van der Waals surface area contributed by atoms with Crippen LogP contribution in [-0.4, -0.2) is 24.4 Å². The zero-order valence-corrected chi connectivity index (χ0v) is 14.8. The highest BCUT2D eigenvalue weighted by atomic mass is 17.1. The van der Waals surface area contributed by atoms with Gasteiger partial charge in [-0.15, -0.1) is 0 Å². The lowest BCUT2D eigenvalue weighted by Gasteiger charge is -2.07. The molecule has 0 heterocycles. The van der Waals surface area contributed by atoms with Crippen molar-refractivity contribution in [3.8, 4) is 0 Å². The summed E-state index contributed by atoms with van der Waals surface area (Å²) in [4.78, 5) is 15.4. The predicted octanol–water partition coefficient (Wildman–Crippen LogP) is 5.44. The summed E-state index contributed by atoms with van der Waals surface area (Å²) >= 11 is 0. The van der Waals surface area contributed by atoms with Gasteiger partial charge in [0.15, 0.2) is 0 Å². The molecule has 4 heteroatoms. The Morgan fingerprint density at radius 2 is 1.78 bits per heavy atom. The van der Waals surface area contributed by atoms with E-state index in [1.54, 1.807) is 0 Å². The largest absolute Gasteiger partial charge is 0.469 e. The van der Waals surface area contributed by atoms with E-state index < -0.39 is 0 Å². The lowest BCUT2D eigenvalue weighted by atomic mass is 10.1. The van der Waals surface area contributed by atoms with Gasteiger partial charge in [0, 0.05) is 6.42 Å². The van der Waals surface area contributed by atoms with Gasteiger partial charge in [-0.05, 0) is 25.7 Å². The molecule has 0 saturated heterocycles. The summed E-state index contributed by atoms with van der Waals surface area (Å²) in [5, 5.41) is 8.81. The fourth-order valence-corrected chi connectivity index (χ4v) is 2.31. The van der Waals surface area contributed by atoms with Crippen molar-refractivity contribution >= 4 is 5.97 Å². The van der Waals surface area contributed by atoms with Gasteiger partial charge in [0.25, 0.3) is 0 Å². The number of hydrogen-bond acceptors (Lipinski definition) is 4. The van der Waals surface area contributed by atoms with Crippen molar-refractivity contribution in [2.45, 2.75) is 83.7 Å². The molecule has 0 saturated carbocycles. The molecule has 23 heavy (non-hydrogen) atoms. The minimum Gasteiger partial charge on any atom is -0.469 e. The molecule has 0 aromatic heterocycles. The van der Waals surface area contributed by atoms with E-state index in [2.05, 4.69) is 22.6 Å². The van der Waals surface area contributed by atoms with E-state index in [1.807, 2.05) is 18.2 Å². The average Bonchev–Trinajstić information content (AvgIpc) is 2.57. The van der Waals surface area contributed by atoms with Crippen LogP contribution in [0.3, 0.4) is 0 Å². The molecule has 0 aromatic carbocycles. The first-order valence-electron chi connectivity index (χ1n) is 8.95. The maximum absolute atomic E-state index is 10.9. The normalized spacial score (nSPS) is 13.0. The van der Waals surface area contributed by atoms with Crippen LogP contribution in [0.25, 0.3) is 0 Å². The second kappa shape index (κ2) is 17.2. The van der Waals surface area contributed by atoms with Crippen molar-refractivity contribution in [1.82, 2.24) is 0 Å². The monoisotopic (exact) mass is 326 g/mol. The number of carbonyl (C=O) groups excluding carboxylic acids is 1. The number of carbonyl (C=O) groups is 1. The minimum absolute atomic E-state index is 0.112. The van der Waals surface area contributed by atoms with Crippen LogP contribution in [0.1, 0.15) is 77.6 Å². The number of methoxy groups -OCH3 is 1. The van der Waals surface area contributed by atoms with Gasteiger partial charge in [-0.3, -0.25) is 10.1 Å². The van der Waals surface area contributed by atoms with Gasteiger partial charge in [-0.25, -0.2) is 4.89 Å². The molecule has 0 aliphatic carbocycles. The first kappa shape index (κ1) is 21.9. The summed E-state index contributed by atoms with van der Waals surface area (Å²) in [6.45, 7) is 2.16. The van der Waals surface area contributed by atoms with Crippen molar-refractivity contribution < 1.29 is 19.7 Å². The quantitative estimate of drug-likeness (QED) is 0.143. The van der Waals surface area contributed by atoms with Crippen LogP contribution in [0.2, 0.25) is 0 Å². The second-order valence-electron chi connectivity index (χ2n) is 5.84. The molecule has 1 unspecified atom stereocenters. The fraction of sp³-hybridized carbons (Fsp3) is 0.737. The van der Waals surface area contributed by atoms with E-state index >= 15 is 0 Å². The number of ether oxygens (including phenoxy) is 1. The maximum Gasteiger partial charge on any atom is 0.305 e. The average molecular weight is 326 g/mol. The number of hydrogen-bond donors (Lipinski definition) is 1. The molecular formula is C19H34O4. The van der Waals surface area contributed by atoms with E-state index in [1.165, 1.54) is 39.2 Å². The third-order valence-corrected chi connectivity index (χ3v) is 3.78. The molecule has 0 rings (SSSR count).